The van der Waals surface area contributed by atoms with Crippen LogP contribution in [-0.2, 0) is 6.54 Å². The zero-order chi connectivity index (χ0) is 20.0. The lowest BCUT2D eigenvalue weighted by molar-refractivity contribution is 0.0783. The summed E-state index contributed by atoms with van der Waals surface area (Å²) in [5, 5.41) is 3.19. The SMILES string of the molecule is C=C(Nc1nc2c(s1)-c1cc(Br)ccc1CN(C)C2=O)c1c(F)cccc1F. The smallest absolute Gasteiger partial charge is 0.274 e. The Bertz CT molecular complexity index is 1110. The molecule has 0 spiro atoms. The van der Waals surface area contributed by atoms with E-state index in [0.717, 1.165) is 27.7 Å². The van der Waals surface area contributed by atoms with Crippen molar-refractivity contribution in [2.24, 2.45) is 0 Å². The van der Waals surface area contributed by atoms with Crippen molar-refractivity contribution in [1.82, 2.24) is 9.88 Å². The van der Waals surface area contributed by atoms with Crippen molar-refractivity contribution in [3.8, 4) is 10.4 Å². The van der Waals surface area contributed by atoms with E-state index in [4.69, 9.17) is 0 Å². The number of halogens is 3. The number of hydrogen-bond acceptors (Lipinski definition) is 4. The summed E-state index contributed by atoms with van der Waals surface area (Å²) in [5.74, 6) is -1.66. The molecule has 142 valence electrons. The number of fused-ring (bicyclic) bond motifs is 3. The van der Waals surface area contributed by atoms with Gasteiger partial charge >= 0.3 is 0 Å². The van der Waals surface area contributed by atoms with Gasteiger partial charge in [0.2, 0.25) is 0 Å². The molecular formula is C20H14BrF2N3OS. The van der Waals surface area contributed by atoms with Gasteiger partial charge in [0.15, 0.2) is 5.13 Å². The van der Waals surface area contributed by atoms with Gasteiger partial charge in [0.25, 0.3) is 5.91 Å². The summed E-state index contributed by atoms with van der Waals surface area (Å²) in [7, 11) is 1.71. The highest BCUT2D eigenvalue weighted by molar-refractivity contribution is 9.10. The molecule has 4 nitrogen and oxygen atoms in total. The topological polar surface area (TPSA) is 45.2 Å². The average Bonchev–Trinajstić information content (AvgIpc) is 3.02. The molecule has 0 radical (unpaired) electrons. The Morgan fingerprint density at radius 2 is 2.00 bits per heavy atom. The average molecular weight is 462 g/mol. The van der Waals surface area contributed by atoms with Gasteiger partial charge in [0.1, 0.15) is 17.3 Å². The Labute approximate surface area is 172 Å². The minimum atomic E-state index is -0.722. The lowest BCUT2D eigenvalue weighted by atomic mass is 10.1. The van der Waals surface area contributed by atoms with E-state index in [-0.39, 0.29) is 17.2 Å². The lowest BCUT2D eigenvalue weighted by Gasteiger charge is -2.14. The minimum Gasteiger partial charge on any atom is -0.336 e. The summed E-state index contributed by atoms with van der Waals surface area (Å²) in [6.45, 7) is 4.20. The number of carbonyl (C=O) groups is 1. The van der Waals surface area contributed by atoms with Crippen LogP contribution in [0.3, 0.4) is 0 Å². The fourth-order valence-corrected chi connectivity index (χ4v) is 4.48. The number of hydrogen-bond donors (Lipinski definition) is 1. The van der Waals surface area contributed by atoms with Crippen molar-refractivity contribution < 1.29 is 13.6 Å². The molecule has 0 atom stereocenters. The molecule has 2 aromatic carbocycles. The molecule has 4 rings (SSSR count). The molecule has 3 aromatic rings. The molecule has 0 bridgehead atoms. The molecule has 1 amide bonds. The molecule has 0 unspecified atom stereocenters. The van der Waals surface area contributed by atoms with Gasteiger partial charge < -0.3 is 10.2 Å². The molecule has 1 aromatic heterocycles. The maximum Gasteiger partial charge on any atom is 0.274 e. The second kappa shape index (κ2) is 7.10. The first-order valence-electron chi connectivity index (χ1n) is 8.30. The Morgan fingerprint density at radius 1 is 1.29 bits per heavy atom. The maximum atomic E-state index is 14.0. The van der Waals surface area contributed by atoms with E-state index in [2.05, 4.69) is 32.8 Å². The quantitative estimate of drug-likeness (QED) is 0.558. The number of carbonyl (C=O) groups excluding carboxylic acids is 1. The minimum absolute atomic E-state index is 0.0368. The van der Waals surface area contributed by atoms with Crippen LogP contribution in [0.1, 0.15) is 21.6 Å². The normalized spacial score (nSPS) is 13.0. The second-order valence-electron chi connectivity index (χ2n) is 6.36. The van der Waals surface area contributed by atoms with Crippen LogP contribution in [0.25, 0.3) is 16.1 Å². The molecule has 0 saturated heterocycles. The van der Waals surface area contributed by atoms with Crippen LogP contribution in [0.2, 0.25) is 0 Å². The van der Waals surface area contributed by atoms with Crippen molar-refractivity contribution in [3.63, 3.8) is 0 Å². The van der Waals surface area contributed by atoms with Gasteiger partial charge in [-0.05, 0) is 29.8 Å². The molecule has 0 fully saturated rings. The van der Waals surface area contributed by atoms with Crippen LogP contribution in [-0.4, -0.2) is 22.8 Å². The third-order valence-corrected chi connectivity index (χ3v) is 5.92. The van der Waals surface area contributed by atoms with E-state index >= 15 is 0 Å². The van der Waals surface area contributed by atoms with Crippen LogP contribution < -0.4 is 5.32 Å². The fourth-order valence-electron chi connectivity index (χ4n) is 3.08. The van der Waals surface area contributed by atoms with Gasteiger partial charge in [0, 0.05) is 29.3 Å². The summed E-state index contributed by atoms with van der Waals surface area (Å²) >= 11 is 4.71. The van der Waals surface area contributed by atoms with Crippen molar-refractivity contribution in [2.45, 2.75) is 6.54 Å². The van der Waals surface area contributed by atoms with Gasteiger partial charge in [-0.2, -0.15) is 0 Å². The van der Waals surface area contributed by atoms with Crippen molar-refractivity contribution in [3.05, 3.63) is 75.9 Å². The first kappa shape index (κ1) is 18.8. The number of nitrogens with zero attached hydrogens (tertiary/aromatic N) is 2. The predicted molar refractivity (Wildman–Crippen MR) is 110 cm³/mol. The van der Waals surface area contributed by atoms with E-state index in [0.29, 0.717) is 22.2 Å². The van der Waals surface area contributed by atoms with Crippen LogP contribution >= 0.6 is 27.3 Å². The molecule has 1 aliphatic heterocycles. The van der Waals surface area contributed by atoms with E-state index in [9.17, 15) is 13.6 Å². The molecule has 0 aliphatic carbocycles. The maximum absolute atomic E-state index is 14.0. The zero-order valence-electron chi connectivity index (χ0n) is 14.7. The Morgan fingerprint density at radius 3 is 2.71 bits per heavy atom. The highest BCUT2D eigenvalue weighted by atomic mass is 79.9. The highest BCUT2D eigenvalue weighted by Gasteiger charge is 2.28. The zero-order valence-corrected chi connectivity index (χ0v) is 17.1. The molecule has 0 saturated carbocycles. The van der Waals surface area contributed by atoms with E-state index in [1.807, 2.05) is 18.2 Å². The number of thiazole rings is 1. The molecule has 28 heavy (non-hydrogen) atoms. The predicted octanol–water partition coefficient (Wildman–Crippen LogP) is 5.52. The fraction of sp³-hybridized carbons (Fsp3) is 0.100. The number of amides is 1. The first-order chi connectivity index (χ1) is 13.3. The van der Waals surface area contributed by atoms with E-state index < -0.39 is 11.6 Å². The third-order valence-electron chi connectivity index (χ3n) is 4.42. The Hall–Kier alpha value is -2.58. The van der Waals surface area contributed by atoms with Gasteiger partial charge in [-0.25, -0.2) is 13.8 Å². The highest BCUT2D eigenvalue weighted by Crippen LogP contribution is 2.40. The van der Waals surface area contributed by atoms with E-state index in [1.165, 1.54) is 17.4 Å². The number of anilines is 1. The summed E-state index contributed by atoms with van der Waals surface area (Å²) in [4.78, 5) is 19.4. The van der Waals surface area contributed by atoms with Gasteiger partial charge in [-0.1, -0.05) is 46.0 Å². The Kier molecular flexibility index (Phi) is 4.76. The lowest BCUT2D eigenvalue weighted by Crippen LogP contribution is -2.25. The third kappa shape index (κ3) is 3.22. The first-order valence-corrected chi connectivity index (χ1v) is 9.91. The summed E-state index contributed by atoms with van der Waals surface area (Å²) < 4.78 is 28.9. The summed E-state index contributed by atoms with van der Waals surface area (Å²) in [6, 6.07) is 9.43. The van der Waals surface area contributed by atoms with Gasteiger partial charge in [-0.15, -0.1) is 0 Å². The van der Waals surface area contributed by atoms with Gasteiger partial charge in [0.05, 0.1) is 10.4 Å². The largest absolute Gasteiger partial charge is 0.336 e. The number of nitrogens with one attached hydrogen (secondary N) is 1. The van der Waals surface area contributed by atoms with E-state index in [1.54, 1.807) is 11.9 Å². The monoisotopic (exact) mass is 461 g/mol. The van der Waals surface area contributed by atoms with Crippen LogP contribution in [0.15, 0.2) is 47.4 Å². The molecule has 2 heterocycles. The molecule has 8 heteroatoms. The second-order valence-corrected chi connectivity index (χ2v) is 8.27. The molecule has 1 aliphatic rings. The van der Waals surface area contributed by atoms with Crippen molar-refractivity contribution in [2.75, 3.05) is 12.4 Å². The van der Waals surface area contributed by atoms with Crippen LogP contribution in [0, 0.1) is 11.6 Å². The van der Waals surface area contributed by atoms with Crippen LogP contribution in [0.4, 0.5) is 13.9 Å². The Balaban J connectivity index is 1.77. The van der Waals surface area contributed by atoms with Gasteiger partial charge in [-0.3, -0.25) is 4.79 Å². The van der Waals surface area contributed by atoms with Crippen molar-refractivity contribution in [1.29, 1.82) is 0 Å². The van der Waals surface area contributed by atoms with Crippen molar-refractivity contribution >= 4 is 44.0 Å². The number of benzene rings is 2. The molecule has 1 N–H and O–H groups in total. The standard InChI is InChI=1S/C20H14BrF2N3OS/c1-10(16-14(22)4-3-5-15(16)23)24-20-25-17-18(28-20)13-8-12(21)7-6-11(13)9-26(2)19(17)27/h3-8H,1,9H2,2H3,(H,24,25). The number of aromatic nitrogens is 1. The summed E-state index contributed by atoms with van der Waals surface area (Å²) in [6.07, 6.45) is 0. The summed E-state index contributed by atoms with van der Waals surface area (Å²) in [5.41, 5.74) is 1.98. The van der Waals surface area contributed by atoms with Crippen LogP contribution in [0.5, 0.6) is 0 Å². The number of rotatable bonds is 3. The molecular weight excluding hydrogens is 448 g/mol.